The zero-order chi connectivity index (χ0) is 12.8. The van der Waals surface area contributed by atoms with Crippen LogP contribution in [0.4, 0.5) is 0 Å². The van der Waals surface area contributed by atoms with Crippen molar-refractivity contribution in [2.24, 2.45) is 5.92 Å². The van der Waals surface area contributed by atoms with E-state index < -0.39 is 0 Å². The van der Waals surface area contributed by atoms with Gasteiger partial charge in [0, 0.05) is 18.5 Å². The van der Waals surface area contributed by atoms with Crippen LogP contribution in [-0.2, 0) is 4.79 Å². The third-order valence-electron chi connectivity index (χ3n) is 4.59. The minimum Gasteiger partial charge on any atom is -0.339 e. The Morgan fingerprint density at radius 2 is 1.83 bits per heavy atom. The molecule has 0 aromatic rings. The Hall–Kier alpha value is -0.570. The number of hydrogen-bond donors (Lipinski definition) is 1. The first kappa shape index (κ1) is 13.9. The molecule has 0 radical (unpaired) electrons. The van der Waals surface area contributed by atoms with E-state index in [1.807, 2.05) is 7.05 Å². The molecule has 104 valence electrons. The van der Waals surface area contributed by atoms with Crippen molar-refractivity contribution in [1.29, 1.82) is 0 Å². The maximum Gasteiger partial charge on any atom is 0.225 e. The predicted octanol–water partition coefficient (Wildman–Crippen LogP) is 2.56. The Balaban J connectivity index is 1.91. The fraction of sp³-hybridized carbons (Fsp3) is 0.933. The second-order valence-electron chi connectivity index (χ2n) is 5.91. The molecule has 1 saturated carbocycles. The second kappa shape index (κ2) is 7.13. The largest absolute Gasteiger partial charge is 0.339 e. The molecule has 1 aliphatic carbocycles. The molecule has 1 heterocycles. The van der Waals surface area contributed by atoms with Gasteiger partial charge in [0.05, 0.1) is 0 Å². The zero-order valence-corrected chi connectivity index (χ0v) is 11.8. The molecule has 1 N–H and O–H groups in total. The van der Waals surface area contributed by atoms with Crippen LogP contribution in [0, 0.1) is 5.92 Å². The van der Waals surface area contributed by atoms with E-state index in [1.165, 1.54) is 38.5 Å². The molecule has 18 heavy (non-hydrogen) atoms. The van der Waals surface area contributed by atoms with E-state index in [4.69, 9.17) is 0 Å². The predicted molar refractivity (Wildman–Crippen MR) is 74.5 cm³/mol. The number of carbonyl (C=O) groups is 1. The van der Waals surface area contributed by atoms with E-state index in [-0.39, 0.29) is 0 Å². The quantitative estimate of drug-likeness (QED) is 0.834. The number of carbonyl (C=O) groups excluding carboxylic acids is 1. The average Bonchev–Trinajstić information content (AvgIpc) is 2.45. The highest BCUT2D eigenvalue weighted by atomic mass is 16.2. The van der Waals surface area contributed by atoms with Gasteiger partial charge in [0.25, 0.3) is 0 Å². The standard InChI is InChI=1S/C15H28N2O/c1-16-11-10-14-9-5-6-12-17(14)15(18)13-7-3-2-4-8-13/h13-14,16H,2-12H2,1H3. The number of rotatable bonds is 4. The Bertz CT molecular complexity index is 261. The summed E-state index contributed by atoms with van der Waals surface area (Å²) in [5, 5.41) is 3.22. The van der Waals surface area contributed by atoms with Crippen molar-refractivity contribution in [3.63, 3.8) is 0 Å². The van der Waals surface area contributed by atoms with Gasteiger partial charge < -0.3 is 10.2 Å². The lowest BCUT2D eigenvalue weighted by atomic mass is 9.87. The first-order valence-corrected chi connectivity index (χ1v) is 7.78. The normalized spacial score (nSPS) is 26.3. The van der Waals surface area contributed by atoms with E-state index >= 15 is 0 Å². The second-order valence-corrected chi connectivity index (χ2v) is 5.91. The van der Waals surface area contributed by atoms with Crippen LogP contribution in [0.15, 0.2) is 0 Å². The van der Waals surface area contributed by atoms with Crippen molar-refractivity contribution >= 4 is 5.91 Å². The summed E-state index contributed by atoms with van der Waals surface area (Å²) in [5.41, 5.74) is 0. The van der Waals surface area contributed by atoms with Gasteiger partial charge in [0.2, 0.25) is 5.91 Å². The van der Waals surface area contributed by atoms with E-state index in [0.29, 0.717) is 17.9 Å². The molecule has 1 amide bonds. The topological polar surface area (TPSA) is 32.3 Å². The van der Waals surface area contributed by atoms with E-state index in [2.05, 4.69) is 10.2 Å². The summed E-state index contributed by atoms with van der Waals surface area (Å²) in [7, 11) is 2.00. The van der Waals surface area contributed by atoms with Crippen molar-refractivity contribution in [3.8, 4) is 0 Å². The number of hydrogen-bond acceptors (Lipinski definition) is 2. The average molecular weight is 252 g/mol. The van der Waals surface area contributed by atoms with Crippen LogP contribution in [-0.4, -0.2) is 37.0 Å². The van der Waals surface area contributed by atoms with Crippen molar-refractivity contribution in [2.45, 2.75) is 63.8 Å². The highest BCUT2D eigenvalue weighted by molar-refractivity contribution is 5.79. The molecule has 1 aliphatic heterocycles. The molecule has 2 fully saturated rings. The minimum atomic E-state index is 0.342. The van der Waals surface area contributed by atoms with Crippen LogP contribution < -0.4 is 5.32 Å². The van der Waals surface area contributed by atoms with Crippen LogP contribution in [0.1, 0.15) is 57.8 Å². The molecule has 0 aromatic heterocycles. The van der Waals surface area contributed by atoms with Gasteiger partial charge in [-0.3, -0.25) is 4.79 Å². The summed E-state index contributed by atoms with van der Waals surface area (Å²) in [6, 6.07) is 0.501. The smallest absolute Gasteiger partial charge is 0.225 e. The van der Waals surface area contributed by atoms with Crippen LogP contribution in [0.5, 0.6) is 0 Å². The highest BCUT2D eigenvalue weighted by Crippen LogP contribution is 2.29. The molecule has 1 saturated heterocycles. The van der Waals surface area contributed by atoms with Crippen molar-refractivity contribution in [3.05, 3.63) is 0 Å². The van der Waals surface area contributed by atoms with Crippen LogP contribution in [0.2, 0.25) is 0 Å². The lowest BCUT2D eigenvalue weighted by molar-refractivity contribution is -0.140. The van der Waals surface area contributed by atoms with Gasteiger partial charge >= 0.3 is 0 Å². The van der Waals surface area contributed by atoms with Crippen molar-refractivity contribution in [1.82, 2.24) is 10.2 Å². The summed E-state index contributed by atoms with van der Waals surface area (Å²) in [6.45, 7) is 2.03. The van der Waals surface area contributed by atoms with Crippen LogP contribution >= 0.6 is 0 Å². The molecular weight excluding hydrogens is 224 g/mol. The maximum absolute atomic E-state index is 12.6. The van der Waals surface area contributed by atoms with Crippen molar-refractivity contribution in [2.75, 3.05) is 20.1 Å². The van der Waals surface area contributed by atoms with Gasteiger partial charge in [0.1, 0.15) is 0 Å². The number of piperidine rings is 1. The van der Waals surface area contributed by atoms with Gasteiger partial charge in [0.15, 0.2) is 0 Å². The minimum absolute atomic E-state index is 0.342. The van der Waals surface area contributed by atoms with Crippen LogP contribution in [0.25, 0.3) is 0 Å². The number of nitrogens with zero attached hydrogens (tertiary/aromatic N) is 1. The zero-order valence-electron chi connectivity index (χ0n) is 11.8. The molecule has 1 atom stereocenters. The Morgan fingerprint density at radius 1 is 1.11 bits per heavy atom. The summed E-state index contributed by atoms with van der Waals surface area (Å²) >= 11 is 0. The Kier molecular flexibility index (Phi) is 5.48. The molecule has 1 unspecified atom stereocenters. The Morgan fingerprint density at radius 3 is 2.56 bits per heavy atom. The number of likely N-dealkylation sites (tertiary alicyclic amines) is 1. The molecule has 0 aromatic carbocycles. The molecule has 3 nitrogen and oxygen atoms in total. The summed E-state index contributed by atoms with van der Waals surface area (Å²) in [4.78, 5) is 14.9. The SMILES string of the molecule is CNCCC1CCCCN1C(=O)C1CCCCC1. The maximum atomic E-state index is 12.6. The fourth-order valence-electron chi connectivity index (χ4n) is 3.49. The van der Waals surface area contributed by atoms with E-state index in [1.54, 1.807) is 0 Å². The van der Waals surface area contributed by atoms with Gasteiger partial charge in [-0.15, -0.1) is 0 Å². The third kappa shape index (κ3) is 3.47. The van der Waals surface area contributed by atoms with Gasteiger partial charge in [-0.05, 0) is 52.1 Å². The first-order valence-electron chi connectivity index (χ1n) is 7.78. The molecule has 0 bridgehead atoms. The molecular formula is C15H28N2O. The molecule has 3 heteroatoms. The van der Waals surface area contributed by atoms with Gasteiger partial charge in [-0.1, -0.05) is 19.3 Å². The third-order valence-corrected chi connectivity index (χ3v) is 4.59. The first-order chi connectivity index (χ1) is 8.83. The van der Waals surface area contributed by atoms with E-state index in [0.717, 1.165) is 32.4 Å². The summed E-state index contributed by atoms with van der Waals surface area (Å²) in [5.74, 6) is 0.810. The van der Waals surface area contributed by atoms with Crippen LogP contribution in [0.3, 0.4) is 0 Å². The monoisotopic (exact) mass is 252 g/mol. The molecule has 2 rings (SSSR count). The highest BCUT2D eigenvalue weighted by Gasteiger charge is 2.31. The number of nitrogens with one attached hydrogen (secondary N) is 1. The lowest BCUT2D eigenvalue weighted by Crippen LogP contribution is -2.47. The summed E-state index contributed by atoms with van der Waals surface area (Å²) in [6.07, 6.45) is 10.9. The molecule has 2 aliphatic rings. The van der Waals surface area contributed by atoms with Gasteiger partial charge in [-0.25, -0.2) is 0 Å². The van der Waals surface area contributed by atoms with Crippen molar-refractivity contribution < 1.29 is 4.79 Å². The summed E-state index contributed by atoms with van der Waals surface area (Å²) < 4.78 is 0. The fourth-order valence-corrected chi connectivity index (χ4v) is 3.49. The Labute approximate surface area is 111 Å². The number of amides is 1. The van der Waals surface area contributed by atoms with Gasteiger partial charge in [-0.2, -0.15) is 0 Å². The molecule has 0 spiro atoms. The van der Waals surface area contributed by atoms with E-state index in [9.17, 15) is 4.79 Å². The lowest BCUT2D eigenvalue weighted by Gasteiger charge is -2.38.